The van der Waals surface area contributed by atoms with E-state index < -0.39 is 17.6 Å². The van der Waals surface area contributed by atoms with Gasteiger partial charge in [0.05, 0.1) is 18.3 Å². The van der Waals surface area contributed by atoms with Crippen molar-refractivity contribution < 1.29 is 23.4 Å². The Labute approximate surface area is 202 Å². The molecular weight excluding hydrogens is 456 g/mol. The van der Waals surface area contributed by atoms with E-state index in [0.717, 1.165) is 24.1 Å². The smallest absolute Gasteiger partial charge is 0.303 e. The minimum Gasteiger partial charge on any atom is -0.490 e. The van der Waals surface area contributed by atoms with E-state index in [1.165, 1.54) is 12.1 Å². The molecule has 0 amide bonds. The first-order valence-electron chi connectivity index (χ1n) is 11.7. The minimum atomic E-state index is -1.01. The number of halogens is 2. The molecule has 0 radical (unpaired) electrons. The van der Waals surface area contributed by atoms with Crippen LogP contribution < -0.4 is 9.64 Å². The molecule has 1 atom stereocenters. The van der Waals surface area contributed by atoms with E-state index in [9.17, 15) is 13.6 Å². The Morgan fingerprint density at radius 3 is 2.66 bits per heavy atom. The second-order valence-corrected chi connectivity index (χ2v) is 8.43. The number of rotatable bonds is 10. The standard InChI is InChI=1S/C25H27F2N5O3/c1-16-18-15-30-25(24-28-9-6-10-29-24)31-20(18)8-11-32(16)17-13-19(26)23(27)21(14-17)35-12-5-3-2-4-7-22(33)34/h6,9-10,13-16H,2-5,7-8,11-12H2,1H3,(H,33,34). The van der Waals surface area contributed by atoms with E-state index in [2.05, 4.69) is 19.9 Å². The van der Waals surface area contributed by atoms with Gasteiger partial charge >= 0.3 is 5.97 Å². The summed E-state index contributed by atoms with van der Waals surface area (Å²) in [7, 11) is 0. The van der Waals surface area contributed by atoms with Gasteiger partial charge < -0.3 is 14.7 Å². The summed E-state index contributed by atoms with van der Waals surface area (Å²) in [4.78, 5) is 30.0. The van der Waals surface area contributed by atoms with Gasteiger partial charge in [-0.1, -0.05) is 12.8 Å². The monoisotopic (exact) mass is 483 g/mol. The first-order chi connectivity index (χ1) is 16.9. The first-order valence-corrected chi connectivity index (χ1v) is 11.7. The Hall–Kier alpha value is -3.69. The second kappa shape index (κ2) is 11.2. The highest BCUT2D eigenvalue weighted by molar-refractivity contribution is 5.66. The molecule has 10 heteroatoms. The van der Waals surface area contributed by atoms with Crippen LogP contribution in [-0.2, 0) is 11.2 Å². The Bertz CT molecular complexity index is 1180. The summed E-state index contributed by atoms with van der Waals surface area (Å²) in [5, 5.41) is 8.67. The predicted octanol–water partition coefficient (Wildman–Crippen LogP) is 4.75. The van der Waals surface area contributed by atoms with E-state index in [0.29, 0.717) is 43.1 Å². The summed E-state index contributed by atoms with van der Waals surface area (Å²) in [6.07, 6.45) is 8.47. The number of nitrogens with zero attached hydrogens (tertiary/aromatic N) is 5. The number of carboxylic acids is 1. The summed E-state index contributed by atoms with van der Waals surface area (Å²) in [5.74, 6) is -2.02. The summed E-state index contributed by atoms with van der Waals surface area (Å²) in [6.45, 7) is 2.76. The molecule has 2 aromatic heterocycles. The molecule has 1 N–H and O–H groups in total. The lowest BCUT2D eigenvalue weighted by Gasteiger charge is -2.36. The fourth-order valence-corrected chi connectivity index (χ4v) is 4.17. The van der Waals surface area contributed by atoms with Crippen molar-refractivity contribution in [1.82, 2.24) is 19.9 Å². The summed E-state index contributed by atoms with van der Waals surface area (Å²) in [5.41, 5.74) is 2.31. The van der Waals surface area contributed by atoms with Gasteiger partial charge in [0.2, 0.25) is 5.82 Å². The zero-order valence-corrected chi connectivity index (χ0v) is 19.5. The average molecular weight is 484 g/mol. The number of aliphatic carboxylic acids is 1. The van der Waals surface area contributed by atoms with Crippen LogP contribution in [-0.4, -0.2) is 44.2 Å². The predicted molar refractivity (Wildman–Crippen MR) is 125 cm³/mol. The van der Waals surface area contributed by atoms with Crippen LogP contribution in [0.3, 0.4) is 0 Å². The number of benzene rings is 1. The van der Waals surface area contributed by atoms with E-state index in [-0.39, 0.29) is 24.8 Å². The number of carboxylic acid groups (broad SMARTS) is 1. The molecule has 0 aliphatic carbocycles. The third kappa shape index (κ3) is 5.87. The minimum absolute atomic E-state index is 0.128. The topological polar surface area (TPSA) is 101 Å². The van der Waals surface area contributed by atoms with E-state index in [1.54, 1.807) is 24.7 Å². The van der Waals surface area contributed by atoms with Crippen LogP contribution in [0.1, 0.15) is 56.3 Å². The number of carbonyl (C=O) groups is 1. The van der Waals surface area contributed by atoms with Crippen LogP contribution in [0.2, 0.25) is 0 Å². The van der Waals surface area contributed by atoms with Crippen LogP contribution in [0.15, 0.2) is 36.8 Å². The molecule has 0 bridgehead atoms. The first kappa shape index (κ1) is 24.4. The third-order valence-corrected chi connectivity index (χ3v) is 6.03. The largest absolute Gasteiger partial charge is 0.490 e. The maximum atomic E-state index is 14.4. The molecule has 0 saturated heterocycles. The van der Waals surface area contributed by atoms with Crippen molar-refractivity contribution in [1.29, 1.82) is 0 Å². The van der Waals surface area contributed by atoms with Crippen LogP contribution in [0, 0.1) is 11.6 Å². The molecule has 1 aromatic carbocycles. The highest BCUT2D eigenvalue weighted by atomic mass is 19.2. The lowest BCUT2D eigenvalue weighted by atomic mass is 9.98. The molecule has 1 unspecified atom stereocenters. The lowest BCUT2D eigenvalue weighted by Crippen LogP contribution is -2.35. The van der Waals surface area contributed by atoms with Gasteiger partial charge in [-0.05, 0) is 25.8 Å². The molecule has 184 valence electrons. The zero-order valence-electron chi connectivity index (χ0n) is 19.5. The van der Waals surface area contributed by atoms with Crippen LogP contribution in [0.25, 0.3) is 11.6 Å². The Balaban J connectivity index is 1.44. The fourth-order valence-electron chi connectivity index (χ4n) is 4.17. The highest BCUT2D eigenvalue weighted by Crippen LogP contribution is 2.36. The number of unbranched alkanes of at least 4 members (excludes halogenated alkanes) is 3. The normalized spacial score (nSPS) is 15.1. The van der Waals surface area contributed by atoms with E-state index in [4.69, 9.17) is 9.84 Å². The number of ether oxygens (including phenoxy) is 1. The van der Waals surface area contributed by atoms with Gasteiger partial charge in [0.25, 0.3) is 0 Å². The molecule has 0 spiro atoms. The molecular formula is C25H27F2N5O3. The Kier molecular flexibility index (Phi) is 7.79. The molecule has 0 fully saturated rings. The van der Waals surface area contributed by atoms with Crippen molar-refractivity contribution in [3.8, 4) is 17.4 Å². The SMILES string of the molecule is CC1c2cnc(-c3ncccn3)nc2CCN1c1cc(F)c(F)c(OCCCCCCC(=O)O)c1. The summed E-state index contributed by atoms with van der Waals surface area (Å²) < 4.78 is 34.4. The molecule has 0 saturated carbocycles. The average Bonchev–Trinajstić information content (AvgIpc) is 2.86. The number of hydrogen-bond acceptors (Lipinski definition) is 7. The molecule has 1 aliphatic heterocycles. The molecule has 3 heterocycles. The van der Waals surface area contributed by atoms with Crippen LogP contribution >= 0.6 is 0 Å². The van der Waals surface area contributed by atoms with Gasteiger partial charge in [0.1, 0.15) is 0 Å². The highest BCUT2D eigenvalue weighted by Gasteiger charge is 2.28. The molecule has 8 nitrogen and oxygen atoms in total. The van der Waals surface area contributed by atoms with Crippen molar-refractivity contribution in [2.24, 2.45) is 0 Å². The fraction of sp³-hybridized carbons (Fsp3) is 0.400. The van der Waals surface area contributed by atoms with E-state index >= 15 is 0 Å². The summed E-state index contributed by atoms with van der Waals surface area (Å²) >= 11 is 0. The molecule has 4 rings (SSSR count). The number of aromatic nitrogens is 4. The molecule has 35 heavy (non-hydrogen) atoms. The summed E-state index contributed by atoms with van der Waals surface area (Å²) in [6, 6.07) is 4.28. The van der Waals surface area contributed by atoms with Crippen LogP contribution in [0.4, 0.5) is 14.5 Å². The van der Waals surface area contributed by atoms with Gasteiger partial charge in [-0.2, -0.15) is 4.39 Å². The van der Waals surface area contributed by atoms with Crippen molar-refractivity contribution in [3.63, 3.8) is 0 Å². The van der Waals surface area contributed by atoms with Gasteiger partial charge in [0.15, 0.2) is 23.2 Å². The van der Waals surface area contributed by atoms with Gasteiger partial charge in [-0.25, -0.2) is 24.3 Å². The number of fused-ring (bicyclic) bond motifs is 1. The Morgan fingerprint density at radius 2 is 1.89 bits per heavy atom. The van der Waals surface area contributed by atoms with Crippen molar-refractivity contribution in [3.05, 3.63) is 59.7 Å². The number of hydrogen-bond donors (Lipinski definition) is 1. The van der Waals surface area contributed by atoms with Crippen molar-refractivity contribution in [2.45, 2.75) is 51.5 Å². The van der Waals surface area contributed by atoms with Gasteiger partial charge in [-0.3, -0.25) is 4.79 Å². The van der Waals surface area contributed by atoms with Crippen molar-refractivity contribution in [2.75, 3.05) is 18.1 Å². The maximum absolute atomic E-state index is 14.4. The van der Waals surface area contributed by atoms with Gasteiger partial charge in [-0.15, -0.1) is 0 Å². The quantitative estimate of drug-likeness (QED) is 0.412. The zero-order chi connectivity index (χ0) is 24.8. The third-order valence-electron chi connectivity index (χ3n) is 6.03. The Morgan fingerprint density at radius 1 is 1.11 bits per heavy atom. The lowest BCUT2D eigenvalue weighted by molar-refractivity contribution is -0.137. The van der Waals surface area contributed by atoms with Crippen molar-refractivity contribution >= 4 is 11.7 Å². The second-order valence-electron chi connectivity index (χ2n) is 8.43. The van der Waals surface area contributed by atoms with Crippen LogP contribution in [0.5, 0.6) is 5.75 Å². The molecule has 1 aliphatic rings. The molecule has 3 aromatic rings. The van der Waals surface area contributed by atoms with Gasteiger partial charge in [0, 0.05) is 61.4 Å². The number of anilines is 1. The maximum Gasteiger partial charge on any atom is 0.303 e. The van der Waals surface area contributed by atoms with E-state index in [1.807, 2.05) is 11.8 Å².